The molecule has 1 heterocycles. The largest absolute Gasteiger partial charge is 0.315 e. The maximum absolute atomic E-state index is 3.71. The summed E-state index contributed by atoms with van der Waals surface area (Å²) in [7, 11) is 0. The molecule has 106 valence electrons. The van der Waals surface area contributed by atoms with E-state index in [0.29, 0.717) is 6.04 Å². The summed E-state index contributed by atoms with van der Waals surface area (Å²) in [6.45, 7) is 7.93. The second-order valence-corrected chi connectivity index (χ2v) is 6.52. The minimum absolute atomic E-state index is 0.159. The smallest absolute Gasteiger partial charge is 0.0204 e. The zero-order valence-electron chi connectivity index (χ0n) is 12.4. The van der Waals surface area contributed by atoms with Crippen LogP contribution in [0.5, 0.6) is 0 Å². The Labute approximate surface area is 121 Å². The number of fused-ring (bicyclic) bond motifs is 1. The van der Waals surface area contributed by atoms with Crippen molar-refractivity contribution in [2.24, 2.45) is 0 Å². The van der Waals surface area contributed by atoms with Crippen LogP contribution in [0, 0.1) is 0 Å². The van der Waals surface area contributed by atoms with Gasteiger partial charge in [0.15, 0.2) is 0 Å². The van der Waals surface area contributed by atoms with Gasteiger partial charge in [-0.3, -0.25) is 0 Å². The first kappa shape index (κ1) is 13.6. The minimum atomic E-state index is 0.159. The van der Waals surface area contributed by atoms with E-state index in [1.165, 1.54) is 22.8 Å². The second-order valence-electron chi connectivity index (χ2n) is 6.52. The molecule has 2 aromatic carbocycles. The highest BCUT2D eigenvalue weighted by molar-refractivity contribution is 5.83. The summed E-state index contributed by atoms with van der Waals surface area (Å²) in [5, 5.41) is 9.77. The van der Waals surface area contributed by atoms with Crippen molar-refractivity contribution in [3.8, 4) is 0 Å². The van der Waals surface area contributed by atoms with Gasteiger partial charge in [-0.2, -0.15) is 0 Å². The van der Waals surface area contributed by atoms with Crippen LogP contribution in [-0.4, -0.2) is 25.7 Å². The molecule has 0 spiro atoms. The van der Waals surface area contributed by atoms with Gasteiger partial charge in [0, 0.05) is 24.5 Å². The van der Waals surface area contributed by atoms with Crippen molar-refractivity contribution in [2.45, 2.75) is 31.7 Å². The van der Waals surface area contributed by atoms with Crippen LogP contribution in [0.15, 0.2) is 42.5 Å². The maximum atomic E-state index is 3.71. The third-order valence-electron chi connectivity index (χ3n) is 4.42. The topological polar surface area (TPSA) is 24.1 Å². The van der Waals surface area contributed by atoms with E-state index in [1.807, 2.05) is 0 Å². The molecule has 2 aromatic rings. The van der Waals surface area contributed by atoms with Crippen molar-refractivity contribution < 1.29 is 0 Å². The fourth-order valence-electron chi connectivity index (χ4n) is 2.94. The fraction of sp³-hybridized carbons (Fsp3) is 0.444. The molecule has 0 amide bonds. The van der Waals surface area contributed by atoms with E-state index in [0.717, 1.165) is 19.6 Å². The summed E-state index contributed by atoms with van der Waals surface area (Å²) in [4.78, 5) is 0. The molecule has 3 rings (SSSR count). The van der Waals surface area contributed by atoms with Crippen LogP contribution in [-0.2, 0) is 5.41 Å². The molecule has 1 fully saturated rings. The first-order chi connectivity index (χ1) is 9.65. The normalized spacial score (nSPS) is 19.6. The van der Waals surface area contributed by atoms with Crippen LogP contribution < -0.4 is 10.6 Å². The van der Waals surface area contributed by atoms with Gasteiger partial charge in [0.1, 0.15) is 0 Å². The van der Waals surface area contributed by atoms with Gasteiger partial charge in [-0.25, -0.2) is 0 Å². The molecule has 2 nitrogen and oxygen atoms in total. The van der Waals surface area contributed by atoms with Gasteiger partial charge >= 0.3 is 0 Å². The molecule has 1 saturated heterocycles. The predicted molar refractivity (Wildman–Crippen MR) is 86.3 cm³/mol. The molecule has 1 unspecified atom stereocenters. The molecule has 20 heavy (non-hydrogen) atoms. The highest BCUT2D eigenvalue weighted by Crippen LogP contribution is 2.26. The first-order valence-corrected chi connectivity index (χ1v) is 7.58. The lowest BCUT2D eigenvalue weighted by atomic mass is 9.83. The molecule has 0 bridgehead atoms. The Morgan fingerprint density at radius 2 is 1.95 bits per heavy atom. The highest BCUT2D eigenvalue weighted by atomic mass is 15.0. The third-order valence-corrected chi connectivity index (χ3v) is 4.42. The first-order valence-electron chi connectivity index (χ1n) is 7.58. The number of hydrogen-bond donors (Lipinski definition) is 2. The van der Waals surface area contributed by atoms with E-state index in [9.17, 15) is 0 Å². The molecular formula is C18H24N2. The lowest BCUT2D eigenvalue weighted by molar-refractivity contribution is 0.429. The van der Waals surface area contributed by atoms with Gasteiger partial charge < -0.3 is 10.6 Å². The molecule has 0 saturated carbocycles. The zero-order valence-corrected chi connectivity index (χ0v) is 12.4. The van der Waals surface area contributed by atoms with E-state index in [4.69, 9.17) is 0 Å². The van der Waals surface area contributed by atoms with E-state index in [1.54, 1.807) is 0 Å². The van der Waals surface area contributed by atoms with Crippen molar-refractivity contribution in [3.05, 3.63) is 48.0 Å². The van der Waals surface area contributed by atoms with Crippen molar-refractivity contribution in [2.75, 3.05) is 19.6 Å². The second kappa shape index (κ2) is 5.55. The highest BCUT2D eigenvalue weighted by Gasteiger charge is 2.23. The van der Waals surface area contributed by atoms with Crippen LogP contribution in [0.25, 0.3) is 10.8 Å². The summed E-state index contributed by atoms with van der Waals surface area (Å²) in [6.07, 6.45) is 1.24. The van der Waals surface area contributed by atoms with Crippen molar-refractivity contribution in [1.29, 1.82) is 0 Å². The van der Waals surface area contributed by atoms with Gasteiger partial charge in [0.25, 0.3) is 0 Å². The van der Waals surface area contributed by atoms with Gasteiger partial charge in [0.2, 0.25) is 0 Å². The Morgan fingerprint density at radius 1 is 1.15 bits per heavy atom. The van der Waals surface area contributed by atoms with Crippen molar-refractivity contribution >= 4 is 10.8 Å². The van der Waals surface area contributed by atoms with E-state index >= 15 is 0 Å². The summed E-state index contributed by atoms with van der Waals surface area (Å²) < 4.78 is 0. The Hall–Kier alpha value is -1.38. The van der Waals surface area contributed by atoms with E-state index in [2.05, 4.69) is 66.9 Å². The summed E-state index contributed by atoms with van der Waals surface area (Å²) in [6, 6.07) is 16.1. The van der Waals surface area contributed by atoms with Crippen LogP contribution in [0.3, 0.4) is 0 Å². The third kappa shape index (κ3) is 2.87. The quantitative estimate of drug-likeness (QED) is 0.890. The zero-order chi connectivity index (χ0) is 14.0. The SMILES string of the molecule is CC(C)(CNC1CCNC1)c1ccc2ccccc2c1. The molecule has 0 radical (unpaired) electrons. The molecule has 2 heteroatoms. The lowest BCUT2D eigenvalue weighted by Crippen LogP contribution is -2.40. The van der Waals surface area contributed by atoms with Crippen molar-refractivity contribution in [1.82, 2.24) is 10.6 Å². The van der Waals surface area contributed by atoms with Crippen LogP contribution in [0.4, 0.5) is 0 Å². The van der Waals surface area contributed by atoms with Gasteiger partial charge in [0.05, 0.1) is 0 Å². The summed E-state index contributed by atoms with van der Waals surface area (Å²) >= 11 is 0. The van der Waals surface area contributed by atoms with Gasteiger partial charge in [-0.1, -0.05) is 56.3 Å². The Balaban J connectivity index is 1.76. The minimum Gasteiger partial charge on any atom is -0.315 e. The molecule has 1 aliphatic heterocycles. The monoisotopic (exact) mass is 268 g/mol. The maximum Gasteiger partial charge on any atom is 0.0204 e. The van der Waals surface area contributed by atoms with Crippen LogP contribution >= 0.6 is 0 Å². The van der Waals surface area contributed by atoms with Crippen LogP contribution in [0.2, 0.25) is 0 Å². The Morgan fingerprint density at radius 3 is 2.70 bits per heavy atom. The number of rotatable bonds is 4. The molecular weight excluding hydrogens is 244 g/mol. The average Bonchev–Trinajstić information content (AvgIpc) is 2.98. The molecule has 1 atom stereocenters. The number of benzene rings is 2. The van der Waals surface area contributed by atoms with E-state index < -0.39 is 0 Å². The van der Waals surface area contributed by atoms with E-state index in [-0.39, 0.29) is 5.41 Å². The summed E-state index contributed by atoms with van der Waals surface area (Å²) in [5.74, 6) is 0. The number of nitrogens with one attached hydrogen (secondary N) is 2. The lowest BCUT2D eigenvalue weighted by Gasteiger charge is -2.28. The fourth-order valence-corrected chi connectivity index (χ4v) is 2.94. The van der Waals surface area contributed by atoms with Crippen LogP contribution in [0.1, 0.15) is 25.8 Å². The Bertz CT molecular complexity index is 583. The number of hydrogen-bond acceptors (Lipinski definition) is 2. The van der Waals surface area contributed by atoms with Gasteiger partial charge in [-0.05, 0) is 29.3 Å². The van der Waals surface area contributed by atoms with Crippen molar-refractivity contribution in [3.63, 3.8) is 0 Å². The summed E-state index contributed by atoms with van der Waals surface area (Å²) in [5.41, 5.74) is 1.57. The average molecular weight is 268 g/mol. The molecule has 0 aliphatic carbocycles. The predicted octanol–water partition coefficient (Wildman–Crippen LogP) is 3.07. The molecule has 1 aliphatic rings. The van der Waals surface area contributed by atoms with Gasteiger partial charge in [-0.15, -0.1) is 0 Å². The molecule has 2 N–H and O–H groups in total. The Kier molecular flexibility index (Phi) is 3.77. The molecule has 0 aromatic heterocycles. The standard InChI is InChI=1S/C18H24N2/c1-18(2,13-20-17-9-10-19-12-17)16-8-7-14-5-3-4-6-15(14)11-16/h3-8,11,17,19-20H,9-10,12-13H2,1-2H3.